The molecule has 1 aromatic carbocycles. The predicted octanol–water partition coefficient (Wildman–Crippen LogP) is 0.808. The Kier molecular flexibility index (Phi) is 2.72. The van der Waals surface area contributed by atoms with E-state index in [0.29, 0.717) is 0 Å². The molecule has 0 saturated heterocycles. The summed E-state index contributed by atoms with van der Waals surface area (Å²) in [6.45, 7) is 1.58. The zero-order valence-corrected chi connectivity index (χ0v) is 10.3. The van der Waals surface area contributed by atoms with Crippen LogP contribution in [0.5, 0.6) is 0 Å². The van der Waals surface area contributed by atoms with Crippen molar-refractivity contribution in [2.45, 2.75) is 23.6 Å². The molecule has 0 radical (unpaired) electrons. The second-order valence-electron chi connectivity index (χ2n) is 4.31. The van der Waals surface area contributed by atoms with E-state index in [1.165, 1.54) is 0 Å². The van der Waals surface area contributed by atoms with Crippen molar-refractivity contribution >= 4 is 9.84 Å². The highest BCUT2D eigenvalue weighted by molar-refractivity contribution is 7.92. The highest BCUT2D eigenvalue weighted by Crippen LogP contribution is 2.53. The smallest absolute Gasteiger partial charge is 0.156 e. The minimum Gasteiger partial charge on any atom is -0.312 e. The molecule has 0 aromatic heterocycles. The van der Waals surface area contributed by atoms with Crippen LogP contribution >= 0.6 is 0 Å². The van der Waals surface area contributed by atoms with Gasteiger partial charge in [0, 0.05) is 11.7 Å². The molecule has 0 aliphatic heterocycles. The summed E-state index contributed by atoms with van der Waals surface area (Å²) in [7, 11) is -3.29. The molecule has 5 heteroatoms. The number of nitrogens with zero attached hydrogens (tertiary/aromatic N) is 1. The number of nitriles is 1. The van der Waals surface area contributed by atoms with E-state index in [1.54, 1.807) is 6.92 Å². The van der Waals surface area contributed by atoms with Crippen molar-refractivity contribution in [3.05, 3.63) is 35.9 Å². The number of hydrogen-bond acceptors (Lipinski definition) is 4. The van der Waals surface area contributed by atoms with Gasteiger partial charge in [-0.05, 0) is 5.56 Å². The van der Waals surface area contributed by atoms with Crippen molar-refractivity contribution in [1.29, 1.82) is 5.26 Å². The SMILES string of the molecule is CCS(=O)(=O)[C@@H]1[C@@H](c2ccccc2)[C@@]1(N)C#N. The van der Waals surface area contributed by atoms with Gasteiger partial charge in [-0.3, -0.25) is 0 Å². The molecule has 17 heavy (non-hydrogen) atoms. The summed E-state index contributed by atoms with van der Waals surface area (Å²) in [6.07, 6.45) is 0. The Labute approximate surface area is 101 Å². The molecule has 1 fully saturated rings. The molecule has 3 atom stereocenters. The summed E-state index contributed by atoms with van der Waals surface area (Å²) in [4.78, 5) is 0. The molecular weight excluding hydrogens is 236 g/mol. The number of hydrogen-bond donors (Lipinski definition) is 1. The van der Waals surface area contributed by atoms with E-state index in [-0.39, 0.29) is 5.75 Å². The Hall–Kier alpha value is -1.38. The Bertz CT molecular complexity index is 562. The third kappa shape index (κ3) is 1.74. The van der Waals surface area contributed by atoms with Crippen LogP contribution in [0.1, 0.15) is 18.4 Å². The lowest BCUT2D eigenvalue weighted by Gasteiger charge is -1.99. The first-order chi connectivity index (χ1) is 7.97. The van der Waals surface area contributed by atoms with Gasteiger partial charge in [0.2, 0.25) is 0 Å². The molecule has 0 spiro atoms. The molecule has 4 nitrogen and oxygen atoms in total. The maximum atomic E-state index is 11.9. The highest BCUT2D eigenvalue weighted by atomic mass is 32.2. The Morgan fingerprint density at radius 1 is 1.41 bits per heavy atom. The van der Waals surface area contributed by atoms with E-state index in [1.807, 2.05) is 36.4 Å². The summed E-state index contributed by atoms with van der Waals surface area (Å²) in [6, 6.07) is 11.1. The maximum absolute atomic E-state index is 11.9. The Balaban J connectivity index is 2.42. The third-order valence-corrected chi connectivity index (χ3v) is 5.56. The molecule has 2 N–H and O–H groups in total. The van der Waals surface area contributed by atoms with E-state index in [4.69, 9.17) is 11.0 Å². The fourth-order valence-corrected chi connectivity index (χ4v) is 4.17. The van der Waals surface area contributed by atoms with Crippen molar-refractivity contribution < 1.29 is 8.42 Å². The van der Waals surface area contributed by atoms with Crippen molar-refractivity contribution in [2.24, 2.45) is 5.73 Å². The van der Waals surface area contributed by atoms with E-state index in [0.717, 1.165) is 5.56 Å². The Morgan fingerprint density at radius 2 is 2.00 bits per heavy atom. The molecule has 1 aliphatic carbocycles. The van der Waals surface area contributed by atoms with Crippen LogP contribution in [0, 0.1) is 11.3 Å². The second kappa shape index (κ2) is 3.83. The largest absolute Gasteiger partial charge is 0.312 e. The minimum absolute atomic E-state index is 0.0155. The number of nitrogens with two attached hydrogens (primary N) is 1. The molecule has 1 saturated carbocycles. The molecule has 1 aromatic rings. The van der Waals surface area contributed by atoms with Crippen molar-refractivity contribution in [3.8, 4) is 6.07 Å². The Morgan fingerprint density at radius 3 is 2.47 bits per heavy atom. The monoisotopic (exact) mass is 250 g/mol. The standard InChI is InChI=1S/C12H14N2O2S/c1-2-17(15,16)11-10(12(11,14)8-13)9-6-4-3-5-7-9/h3-7,10-11H,2,14H2,1H3/t10-,11-,12+/m1/s1. The quantitative estimate of drug-likeness (QED) is 0.860. The van der Waals surface area contributed by atoms with Gasteiger partial charge in [0.25, 0.3) is 0 Å². The first-order valence-corrected chi connectivity index (χ1v) is 7.15. The zero-order valence-electron chi connectivity index (χ0n) is 9.50. The summed E-state index contributed by atoms with van der Waals surface area (Å²) in [5.41, 5.74) is 5.44. The normalized spacial score (nSPS) is 31.8. The van der Waals surface area contributed by atoms with Gasteiger partial charge in [0.05, 0.1) is 6.07 Å². The molecule has 90 valence electrons. The van der Waals surface area contributed by atoms with Gasteiger partial charge in [0.15, 0.2) is 9.84 Å². The van der Waals surface area contributed by atoms with Crippen molar-refractivity contribution in [3.63, 3.8) is 0 Å². The van der Waals surface area contributed by atoms with Crippen molar-refractivity contribution in [2.75, 3.05) is 5.75 Å². The van der Waals surface area contributed by atoms with Gasteiger partial charge < -0.3 is 5.73 Å². The molecule has 0 unspecified atom stereocenters. The van der Waals surface area contributed by atoms with Crippen LogP contribution in [0.3, 0.4) is 0 Å². The van der Waals surface area contributed by atoms with Crippen LogP contribution in [0.2, 0.25) is 0 Å². The minimum atomic E-state index is -3.29. The van der Waals surface area contributed by atoms with Crippen molar-refractivity contribution in [1.82, 2.24) is 0 Å². The van der Waals surface area contributed by atoms with E-state index >= 15 is 0 Å². The predicted molar refractivity (Wildman–Crippen MR) is 65.0 cm³/mol. The fraction of sp³-hybridized carbons (Fsp3) is 0.417. The molecule has 2 rings (SSSR count). The zero-order chi connectivity index (χ0) is 12.7. The van der Waals surface area contributed by atoms with E-state index < -0.39 is 26.5 Å². The lowest BCUT2D eigenvalue weighted by Crippen LogP contribution is -2.29. The van der Waals surface area contributed by atoms with Gasteiger partial charge in [-0.2, -0.15) is 5.26 Å². The lowest BCUT2D eigenvalue weighted by atomic mass is 10.1. The summed E-state index contributed by atoms with van der Waals surface area (Å²) in [5.74, 6) is -0.389. The van der Waals surface area contributed by atoms with Crippen LogP contribution in [-0.4, -0.2) is 25.0 Å². The summed E-state index contributed by atoms with van der Waals surface area (Å²) < 4.78 is 23.8. The second-order valence-corrected chi connectivity index (χ2v) is 6.72. The first-order valence-electron chi connectivity index (χ1n) is 5.44. The molecule has 1 aliphatic rings. The van der Waals surface area contributed by atoms with Gasteiger partial charge in [-0.15, -0.1) is 0 Å². The lowest BCUT2D eigenvalue weighted by molar-refractivity contribution is 0.593. The highest BCUT2D eigenvalue weighted by Gasteiger charge is 2.69. The van der Waals surface area contributed by atoms with Gasteiger partial charge in [-0.25, -0.2) is 8.42 Å². The number of rotatable bonds is 3. The molecular formula is C12H14N2O2S. The van der Waals surface area contributed by atoms with Gasteiger partial charge in [0.1, 0.15) is 10.8 Å². The maximum Gasteiger partial charge on any atom is 0.156 e. The summed E-state index contributed by atoms with van der Waals surface area (Å²) >= 11 is 0. The average molecular weight is 250 g/mol. The molecule has 0 heterocycles. The third-order valence-electron chi connectivity index (χ3n) is 3.32. The average Bonchev–Trinajstić information content (AvgIpc) is 2.99. The number of sulfone groups is 1. The van der Waals surface area contributed by atoms with Crippen LogP contribution in [0.4, 0.5) is 0 Å². The summed E-state index contributed by atoms with van der Waals surface area (Å²) in [5, 5.41) is 8.32. The van der Waals surface area contributed by atoms with Crippen LogP contribution in [0.25, 0.3) is 0 Å². The number of benzene rings is 1. The topological polar surface area (TPSA) is 83.9 Å². The van der Waals surface area contributed by atoms with E-state index in [2.05, 4.69) is 0 Å². The van der Waals surface area contributed by atoms with Gasteiger partial charge >= 0.3 is 0 Å². The van der Waals surface area contributed by atoms with Gasteiger partial charge in [-0.1, -0.05) is 37.3 Å². The van der Waals surface area contributed by atoms with Crippen LogP contribution in [-0.2, 0) is 9.84 Å². The van der Waals surface area contributed by atoms with Crippen LogP contribution < -0.4 is 5.73 Å². The first kappa shape index (κ1) is 12.1. The molecule has 0 bridgehead atoms. The molecule has 0 amide bonds. The fourth-order valence-electron chi connectivity index (χ4n) is 2.30. The van der Waals surface area contributed by atoms with Crippen LogP contribution in [0.15, 0.2) is 30.3 Å². The van der Waals surface area contributed by atoms with E-state index in [9.17, 15) is 8.42 Å².